The molecule has 0 bridgehead atoms. The van der Waals surface area contributed by atoms with Gasteiger partial charge in [-0.25, -0.2) is 4.68 Å². The lowest BCUT2D eigenvalue weighted by Crippen LogP contribution is -2.12. The monoisotopic (exact) mass is 279 g/mol. The summed E-state index contributed by atoms with van der Waals surface area (Å²) in [5, 5.41) is 7.31. The first kappa shape index (κ1) is 14.2. The lowest BCUT2D eigenvalue weighted by Gasteiger charge is -2.06. The van der Waals surface area contributed by atoms with Gasteiger partial charge in [0.1, 0.15) is 5.75 Å². The van der Waals surface area contributed by atoms with Crippen molar-refractivity contribution in [1.29, 1.82) is 0 Å². The predicted molar refractivity (Wildman–Crippen MR) is 72.2 cm³/mol. The van der Waals surface area contributed by atoms with Crippen molar-refractivity contribution in [3.8, 4) is 5.75 Å². The SMILES string of the molecule is C=Cn1cc(CNCc2ccc(OC(F)F)cc2)cn1. The second-order valence-corrected chi connectivity index (χ2v) is 4.14. The van der Waals surface area contributed by atoms with Gasteiger partial charge in [0.15, 0.2) is 0 Å². The number of hydrogen-bond donors (Lipinski definition) is 1. The van der Waals surface area contributed by atoms with E-state index < -0.39 is 6.61 Å². The Kier molecular flexibility index (Phi) is 4.84. The van der Waals surface area contributed by atoms with Crippen LogP contribution in [-0.4, -0.2) is 16.4 Å². The van der Waals surface area contributed by atoms with E-state index in [1.807, 2.05) is 6.20 Å². The van der Waals surface area contributed by atoms with Crippen LogP contribution >= 0.6 is 0 Å². The molecule has 1 heterocycles. The Morgan fingerprint density at radius 1 is 1.25 bits per heavy atom. The third kappa shape index (κ3) is 4.17. The third-order valence-electron chi connectivity index (χ3n) is 2.65. The van der Waals surface area contributed by atoms with Crippen molar-refractivity contribution >= 4 is 6.20 Å². The van der Waals surface area contributed by atoms with Gasteiger partial charge in [-0.05, 0) is 17.7 Å². The molecule has 1 aromatic carbocycles. The molecule has 0 aliphatic carbocycles. The molecule has 106 valence electrons. The fourth-order valence-electron chi connectivity index (χ4n) is 1.71. The molecule has 20 heavy (non-hydrogen) atoms. The maximum atomic E-state index is 12.0. The van der Waals surface area contributed by atoms with E-state index >= 15 is 0 Å². The Morgan fingerprint density at radius 3 is 2.55 bits per heavy atom. The Balaban J connectivity index is 1.80. The van der Waals surface area contributed by atoms with E-state index in [-0.39, 0.29) is 5.75 Å². The average Bonchev–Trinajstić information content (AvgIpc) is 2.88. The third-order valence-corrected chi connectivity index (χ3v) is 2.65. The van der Waals surface area contributed by atoms with Gasteiger partial charge < -0.3 is 10.1 Å². The average molecular weight is 279 g/mol. The smallest absolute Gasteiger partial charge is 0.387 e. The quantitative estimate of drug-likeness (QED) is 0.847. The van der Waals surface area contributed by atoms with E-state index in [0.717, 1.165) is 11.1 Å². The Morgan fingerprint density at radius 2 is 1.95 bits per heavy atom. The zero-order valence-corrected chi connectivity index (χ0v) is 10.8. The molecule has 4 nitrogen and oxygen atoms in total. The van der Waals surface area contributed by atoms with Crippen LogP contribution in [0.5, 0.6) is 5.75 Å². The van der Waals surface area contributed by atoms with Gasteiger partial charge >= 0.3 is 6.61 Å². The molecule has 1 aromatic heterocycles. The molecule has 1 N–H and O–H groups in total. The second-order valence-electron chi connectivity index (χ2n) is 4.14. The summed E-state index contributed by atoms with van der Waals surface area (Å²) >= 11 is 0. The van der Waals surface area contributed by atoms with E-state index in [2.05, 4.69) is 21.7 Å². The zero-order chi connectivity index (χ0) is 14.4. The van der Waals surface area contributed by atoms with Gasteiger partial charge in [-0.2, -0.15) is 13.9 Å². The molecule has 0 atom stereocenters. The van der Waals surface area contributed by atoms with Crippen LogP contribution in [0, 0.1) is 0 Å². The summed E-state index contributed by atoms with van der Waals surface area (Å²) in [7, 11) is 0. The van der Waals surface area contributed by atoms with Gasteiger partial charge in [-0.3, -0.25) is 0 Å². The van der Waals surface area contributed by atoms with E-state index in [4.69, 9.17) is 0 Å². The largest absolute Gasteiger partial charge is 0.435 e. The molecule has 0 fully saturated rings. The Bertz CT molecular complexity index is 552. The first-order chi connectivity index (χ1) is 9.67. The van der Waals surface area contributed by atoms with Gasteiger partial charge in [0.25, 0.3) is 0 Å². The second kappa shape index (κ2) is 6.81. The molecule has 0 aliphatic heterocycles. The molecule has 2 aromatic rings. The molecule has 2 rings (SSSR count). The number of aromatic nitrogens is 2. The Labute approximate surface area is 115 Å². The Hall–Kier alpha value is -2.21. The van der Waals surface area contributed by atoms with Crippen LogP contribution in [0.3, 0.4) is 0 Å². The summed E-state index contributed by atoms with van der Waals surface area (Å²) in [5.41, 5.74) is 2.03. The summed E-state index contributed by atoms with van der Waals surface area (Å²) in [6, 6.07) is 6.55. The van der Waals surface area contributed by atoms with Gasteiger partial charge in [0.2, 0.25) is 0 Å². The molecule has 0 aliphatic rings. The van der Waals surface area contributed by atoms with Crippen LogP contribution in [0.4, 0.5) is 8.78 Å². The van der Waals surface area contributed by atoms with Gasteiger partial charge in [0.05, 0.1) is 6.20 Å². The van der Waals surface area contributed by atoms with Crippen LogP contribution in [-0.2, 0) is 13.1 Å². The standard InChI is InChI=1S/C14H15F2N3O/c1-2-19-10-12(9-18-19)8-17-7-11-3-5-13(6-4-11)20-14(15)16/h2-6,9-10,14,17H,1,7-8H2. The summed E-state index contributed by atoms with van der Waals surface area (Å²) in [4.78, 5) is 0. The van der Waals surface area contributed by atoms with Crippen LogP contribution in [0.2, 0.25) is 0 Å². The van der Waals surface area contributed by atoms with Gasteiger partial charge in [-0.15, -0.1) is 0 Å². The highest BCUT2D eigenvalue weighted by molar-refractivity contribution is 5.27. The minimum Gasteiger partial charge on any atom is -0.435 e. The number of benzene rings is 1. The van der Waals surface area contributed by atoms with Crippen LogP contribution in [0.25, 0.3) is 6.20 Å². The number of ether oxygens (including phenoxy) is 1. The predicted octanol–water partition coefficient (Wildman–Crippen LogP) is 2.87. The van der Waals surface area contributed by atoms with Crippen molar-refractivity contribution in [3.05, 3.63) is 54.4 Å². The number of nitrogens with zero attached hydrogens (tertiary/aromatic N) is 2. The summed E-state index contributed by atoms with van der Waals surface area (Å²) in [5.74, 6) is 0.163. The first-order valence-electron chi connectivity index (χ1n) is 6.07. The molecule has 0 saturated heterocycles. The molecule has 0 unspecified atom stereocenters. The molecule has 6 heteroatoms. The number of rotatable bonds is 7. The van der Waals surface area contributed by atoms with E-state index in [1.165, 1.54) is 12.1 Å². The van der Waals surface area contributed by atoms with E-state index in [1.54, 1.807) is 29.2 Å². The highest BCUT2D eigenvalue weighted by Crippen LogP contribution is 2.14. The lowest BCUT2D eigenvalue weighted by molar-refractivity contribution is -0.0498. The topological polar surface area (TPSA) is 39.1 Å². The van der Waals surface area contributed by atoms with Crippen molar-refractivity contribution < 1.29 is 13.5 Å². The number of hydrogen-bond acceptors (Lipinski definition) is 3. The highest BCUT2D eigenvalue weighted by Gasteiger charge is 2.03. The number of halogens is 2. The maximum absolute atomic E-state index is 12.0. The molecule has 0 radical (unpaired) electrons. The van der Waals surface area contributed by atoms with Crippen molar-refractivity contribution in [1.82, 2.24) is 15.1 Å². The minimum atomic E-state index is -2.79. The zero-order valence-electron chi connectivity index (χ0n) is 10.8. The number of alkyl halides is 2. The fourth-order valence-corrected chi connectivity index (χ4v) is 1.71. The highest BCUT2D eigenvalue weighted by atomic mass is 19.3. The van der Waals surface area contributed by atoms with Gasteiger partial charge in [-0.1, -0.05) is 18.7 Å². The van der Waals surface area contributed by atoms with Crippen molar-refractivity contribution in [3.63, 3.8) is 0 Å². The number of nitrogens with one attached hydrogen (secondary N) is 1. The molecule has 0 saturated carbocycles. The molecular weight excluding hydrogens is 264 g/mol. The normalized spacial score (nSPS) is 10.8. The van der Waals surface area contributed by atoms with Crippen LogP contribution in [0.1, 0.15) is 11.1 Å². The summed E-state index contributed by atoms with van der Waals surface area (Å²) in [6.45, 7) is 2.13. The van der Waals surface area contributed by atoms with Crippen LogP contribution in [0.15, 0.2) is 43.2 Å². The molecular formula is C14H15F2N3O. The van der Waals surface area contributed by atoms with E-state index in [0.29, 0.717) is 13.1 Å². The first-order valence-corrected chi connectivity index (χ1v) is 6.07. The lowest BCUT2D eigenvalue weighted by atomic mass is 10.2. The summed E-state index contributed by atoms with van der Waals surface area (Å²) in [6.07, 6.45) is 5.25. The summed E-state index contributed by atoms with van der Waals surface area (Å²) < 4.78 is 29.9. The van der Waals surface area contributed by atoms with Crippen molar-refractivity contribution in [2.24, 2.45) is 0 Å². The minimum absolute atomic E-state index is 0.163. The van der Waals surface area contributed by atoms with Crippen molar-refractivity contribution in [2.75, 3.05) is 0 Å². The molecule has 0 amide bonds. The fraction of sp³-hybridized carbons (Fsp3) is 0.214. The van der Waals surface area contributed by atoms with E-state index in [9.17, 15) is 8.78 Å². The van der Waals surface area contributed by atoms with Gasteiger partial charge in [0, 0.05) is 31.0 Å². The maximum Gasteiger partial charge on any atom is 0.387 e. The van der Waals surface area contributed by atoms with Crippen molar-refractivity contribution in [2.45, 2.75) is 19.7 Å². The molecule has 0 spiro atoms. The van der Waals surface area contributed by atoms with Crippen LogP contribution < -0.4 is 10.1 Å².